The van der Waals surface area contributed by atoms with Crippen molar-refractivity contribution < 1.29 is 18.0 Å². The number of carbonyl (C=O) groups is 1. The molecular weight excluding hydrogens is 255 g/mol. The Bertz CT molecular complexity index is 520. The van der Waals surface area contributed by atoms with Gasteiger partial charge in [0.15, 0.2) is 0 Å². The number of benzene rings is 1. The first-order valence-corrected chi connectivity index (χ1v) is 6.07. The Morgan fingerprint density at radius 2 is 2.05 bits per heavy atom. The number of carbonyl (C=O) groups excluding carboxylic acids is 1. The molecule has 0 aliphatic heterocycles. The van der Waals surface area contributed by atoms with Crippen molar-refractivity contribution in [1.82, 2.24) is 0 Å². The molecule has 0 heterocycles. The highest BCUT2D eigenvalue weighted by Gasteiger charge is 2.35. The minimum Gasteiger partial charge on any atom is -0.366 e. The number of alkyl halides is 3. The predicted molar refractivity (Wildman–Crippen MR) is 65.7 cm³/mol. The largest absolute Gasteiger partial charge is 0.416 e. The highest BCUT2D eigenvalue weighted by Crippen LogP contribution is 2.39. The summed E-state index contributed by atoms with van der Waals surface area (Å²) in [5.74, 6) is -1.09. The van der Waals surface area contributed by atoms with Crippen molar-refractivity contribution in [2.75, 3.05) is 0 Å². The number of rotatable bonds is 2. The quantitative estimate of drug-likeness (QED) is 0.818. The first-order valence-electron chi connectivity index (χ1n) is 6.07. The summed E-state index contributed by atoms with van der Waals surface area (Å²) >= 11 is 0. The summed E-state index contributed by atoms with van der Waals surface area (Å²) < 4.78 is 39.2. The van der Waals surface area contributed by atoms with Crippen molar-refractivity contribution in [3.8, 4) is 0 Å². The lowest BCUT2D eigenvalue weighted by Crippen LogP contribution is -2.17. The van der Waals surface area contributed by atoms with Crippen LogP contribution in [0.3, 0.4) is 0 Å². The molecule has 0 aromatic heterocycles. The van der Waals surface area contributed by atoms with Crippen molar-refractivity contribution >= 4 is 5.91 Å². The number of hydrogen-bond acceptors (Lipinski definition) is 1. The SMILES string of the molecule is NC(=O)c1ccc(C2C=CCCC2)c(C(F)(F)F)c1. The maximum absolute atomic E-state index is 13.1. The van der Waals surface area contributed by atoms with E-state index in [1.165, 1.54) is 12.1 Å². The highest BCUT2D eigenvalue weighted by atomic mass is 19.4. The zero-order valence-corrected chi connectivity index (χ0v) is 10.2. The number of hydrogen-bond donors (Lipinski definition) is 1. The van der Waals surface area contributed by atoms with Gasteiger partial charge in [0.2, 0.25) is 5.91 Å². The molecule has 1 unspecified atom stereocenters. The molecule has 0 saturated heterocycles. The van der Waals surface area contributed by atoms with Crippen LogP contribution in [-0.4, -0.2) is 5.91 Å². The Morgan fingerprint density at radius 1 is 1.32 bits per heavy atom. The van der Waals surface area contributed by atoms with Gasteiger partial charge < -0.3 is 5.73 Å². The molecule has 0 spiro atoms. The molecule has 0 fully saturated rings. The van der Waals surface area contributed by atoms with Crippen LogP contribution in [0.5, 0.6) is 0 Å². The minimum absolute atomic E-state index is 0.115. The summed E-state index contributed by atoms with van der Waals surface area (Å²) in [7, 11) is 0. The van der Waals surface area contributed by atoms with Crippen LogP contribution >= 0.6 is 0 Å². The number of primary amides is 1. The van der Waals surface area contributed by atoms with E-state index >= 15 is 0 Å². The van der Waals surface area contributed by atoms with Crippen LogP contribution in [0.25, 0.3) is 0 Å². The van der Waals surface area contributed by atoms with Gasteiger partial charge in [-0.05, 0) is 37.0 Å². The molecule has 0 bridgehead atoms. The Morgan fingerprint density at radius 3 is 2.58 bits per heavy atom. The second-order valence-electron chi connectivity index (χ2n) is 4.63. The van der Waals surface area contributed by atoms with E-state index in [1.54, 1.807) is 6.08 Å². The van der Waals surface area contributed by atoms with E-state index in [4.69, 9.17) is 5.73 Å². The summed E-state index contributed by atoms with van der Waals surface area (Å²) in [6.45, 7) is 0. The van der Waals surface area contributed by atoms with E-state index in [1.807, 2.05) is 6.08 Å². The van der Waals surface area contributed by atoms with Gasteiger partial charge in [-0.1, -0.05) is 18.2 Å². The van der Waals surface area contributed by atoms with Crippen molar-refractivity contribution in [1.29, 1.82) is 0 Å². The lowest BCUT2D eigenvalue weighted by atomic mass is 9.85. The van der Waals surface area contributed by atoms with Crippen LogP contribution < -0.4 is 5.73 Å². The molecule has 1 atom stereocenters. The third-order valence-corrected chi connectivity index (χ3v) is 3.30. The lowest BCUT2D eigenvalue weighted by molar-refractivity contribution is -0.138. The van der Waals surface area contributed by atoms with Gasteiger partial charge >= 0.3 is 6.18 Å². The van der Waals surface area contributed by atoms with E-state index in [9.17, 15) is 18.0 Å². The summed E-state index contributed by atoms with van der Waals surface area (Å²) in [6.07, 6.45) is 1.68. The zero-order valence-electron chi connectivity index (χ0n) is 10.2. The molecule has 102 valence electrons. The molecule has 1 aromatic rings. The molecule has 1 aromatic carbocycles. The monoisotopic (exact) mass is 269 g/mol. The second kappa shape index (κ2) is 5.07. The fourth-order valence-electron chi connectivity index (χ4n) is 2.35. The number of amides is 1. The van der Waals surface area contributed by atoms with E-state index in [0.29, 0.717) is 6.42 Å². The first kappa shape index (κ1) is 13.6. The molecule has 2 nitrogen and oxygen atoms in total. The molecule has 5 heteroatoms. The Kier molecular flexibility index (Phi) is 3.64. The molecule has 1 aliphatic rings. The molecule has 1 aliphatic carbocycles. The summed E-state index contributed by atoms with van der Waals surface area (Å²) in [6, 6.07) is 3.57. The van der Waals surface area contributed by atoms with Gasteiger partial charge in [-0.3, -0.25) is 4.79 Å². The van der Waals surface area contributed by atoms with Crippen LogP contribution in [-0.2, 0) is 6.18 Å². The van der Waals surface area contributed by atoms with Gasteiger partial charge in [-0.2, -0.15) is 13.2 Å². The number of halogens is 3. The third-order valence-electron chi connectivity index (χ3n) is 3.30. The predicted octanol–water partition coefficient (Wildman–Crippen LogP) is 3.63. The number of nitrogens with two attached hydrogens (primary N) is 1. The third kappa shape index (κ3) is 2.97. The molecule has 0 saturated carbocycles. The Labute approximate surface area is 109 Å². The smallest absolute Gasteiger partial charge is 0.366 e. The molecule has 2 rings (SSSR count). The molecule has 2 N–H and O–H groups in total. The van der Waals surface area contributed by atoms with E-state index in [2.05, 4.69) is 0 Å². The Hall–Kier alpha value is -1.78. The van der Waals surface area contributed by atoms with Gasteiger partial charge in [-0.25, -0.2) is 0 Å². The number of allylic oxidation sites excluding steroid dienone is 2. The van der Waals surface area contributed by atoms with Gasteiger partial charge in [-0.15, -0.1) is 0 Å². The van der Waals surface area contributed by atoms with E-state index in [-0.39, 0.29) is 17.0 Å². The van der Waals surface area contributed by atoms with Gasteiger partial charge in [0.05, 0.1) is 5.56 Å². The van der Waals surface area contributed by atoms with Crippen molar-refractivity contribution in [3.63, 3.8) is 0 Å². The van der Waals surface area contributed by atoms with E-state index < -0.39 is 17.6 Å². The zero-order chi connectivity index (χ0) is 14.0. The molecule has 19 heavy (non-hydrogen) atoms. The van der Waals surface area contributed by atoms with Crippen LogP contribution in [0.15, 0.2) is 30.4 Å². The molecule has 0 radical (unpaired) electrons. The maximum Gasteiger partial charge on any atom is 0.416 e. The van der Waals surface area contributed by atoms with Gasteiger partial charge in [0.1, 0.15) is 0 Å². The van der Waals surface area contributed by atoms with Crippen LogP contribution in [0.1, 0.15) is 46.7 Å². The average Bonchev–Trinajstić information content (AvgIpc) is 2.38. The normalized spacial score (nSPS) is 19.4. The van der Waals surface area contributed by atoms with Crippen molar-refractivity contribution in [2.45, 2.75) is 31.4 Å². The molecular formula is C14H14F3NO. The highest BCUT2D eigenvalue weighted by molar-refractivity contribution is 5.93. The average molecular weight is 269 g/mol. The summed E-state index contributed by atoms with van der Waals surface area (Å²) in [4.78, 5) is 11.0. The topological polar surface area (TPSA) is 43.1 Å². The summed E-state index contributed by atoms with van der Waals surface area (Å²) in [5, 5.41) is 0. The van der Waals surface area contributed by atoms with Crippen molar-refractivity contribution in [3.05, 3.63) is 47.0 Å². The summed E-state index contributed by atoms with van der Waals surface area (Å²) in [5.41, 5.74) is 4.37. The maximum atomic E-state index is 13.1. The first-order chi connectivity index (χ1) is 8.89. The molecule has 1 amide bonds. The fourth-order valence-corrected chi connectivity index (χ4v) is 2.35. The van der Waals surface area contributed by atoms with E-state index in [0.717, 1.165) is 18.9 Å². The lowest BCUT2D eigenvalue weighted by Gasteiger charge is -2.21. The van der Waals surface area contributed by atoms with Crippen LogP contribution in [0.2, 0.25) is 0 Å². The minimum atomic E-state index is -4.48. The van der Waals surface area contributed by atoms with Crippen molar-refractivity contribution in [2.24, 2.45) is 5.73 Å². The Balaban J connectivity index is 2.50. The van der Waals surface area contributed by atoms with Gasteiger partial charge in [0, 0.05) is 11.5 Å². The fraction of sp³-hybridized carbons (Fsp3) is 0.357. The second-order valence-corrected chi connectivity index (χ2v) is 4.63. The standard InChI is InChI=1S/C14H14F3NO/c15-14(16,17)12-8-10(13(18)19)6-7-11(12)9-4-2-1-3-5-9/h2,4,6-9H,1,3,5H2,(H2,18,19). The van der Waals surface area contributed by atoms with Gasteiger partial charge in [0.25, 0.3) is 0 Å². The van der Waals surface area contributed by atoms with Crippen LogP contribution in [0.4, 0.5) is 13.2 Å². The van der Waals surface area contributed by atoms with Crippen LogP contribution in [0, 0.1) is 0 Å².